The summed E-state index contributed by atoms with van der Waals surface area (Å²) < 4.78 is 5.82. The van der Waals surface area contributed by atoms with E-state index in [1.165, 1.54) is 37.6 Å². The molecule has 0 saturated carbocycles. The number of hydrogen-bond donors (Lipinski definition) is 1. The van der Waals surface area contributed by atoms with E-state index in [1.54, 1.807) is 24.5 Å². The highest BCUT2D eigenvalue weighted by Gasteiger charge is 2.13. The SMILES string of the molecule is CCCCCCC(COc1cncnc1)c1ccc(O)cc1. The number of nitrogens with zero attached hydrogens (tertiary/aromatic N) is 2. The van der Waals surface area contributed by atoms with Gasteiger partial charge in [-0.15, -0.1) is 0 Å². The zero-order chi connectivity index (χ0) is 15.6. The molecule has 1 unspecified atom stereocenters. The quantitative estimate of drug-likeness (QED) is 0.701. The summed E-state index contributed by atoms with van der Waals surface area (Å²) in [5, 5.41) is 9.44. The zero-order valence-corrected chi connectivity index (χ0v) is 13.1. The molecule has 4 heteroatoms. The van der Waals surface area contributed by atoms with Crippen LogP contribution in [0.2, 0.25) is 0 Å². The van der Waals surface area contributed by atoms with E-state index in [0.29, 0.717) is 24.0 Å². The van der Waals surface area contributed by atoms with Crippen molar-refractivity contribution in [1.82, 2.24) is 9.97 Å². The number of phenolic OH excluding ortho intramolecular Hbond substituents is 1. The van der Waals surface area contributed by atoms with Crippen LogP contribution in [0, 0.1) is 0 Å². The highest BCUT2D eigenvalue weighted by Crippen LogP contribution is 2.25. The molecule has 0 bridgehead atoms. The summed E-state index contributed by atoms with van der Waals surface area (Å²) in [6.07, 6.45) is 10.9. The Morgan fingerprint density at radius 3 is 2.45 bits per heavy atom. The van der Waals surface area contributed by atoms with Gasteiger partial charge in [0.25, 0.3) is 0 Å². The van der Waals surface area contributed by atoms with Crippen molar-refractivity contribution in [3.05, 3.63) is 48.5 Å². The van der Waals surface area contributed by atoms with Gasteiger partial charge >= 0.3 is 0 Å². The standard InChI is InChI=1S/C18H24N2O2/c1-2-3-4-5-6-16(15-7-9-17(21)10-8-15)13-22-18-11-19-14-20-12-18/h7-12,14,16,21H,2-6,13H2,1H3. The second-order valence-corrected chi connectivity index (χ2v) is 5.52. The Kier molecular flexibility index (Phi) is 6.68. The number of rotatable bonds is 9. The number of ether oxygens (including phenoxy) is 1. The minimum Gasteiger partial charge on any atom is -0.508 e. The Morgan fingerprint density at radius 2 is 1.77 bits per heavy atom. The highest BCUT2D eigenvalue weighted by molar-refractivity contribution is 5.28. The first-order valence-corrected chi connectivity index (χ1v) is 7.96. The summed E-state index contributed by atoms with van der Waals surface area (Å²) in [5.41, 5.74) is 1.20. The van der Waals surface area contributed by atoms with Crippen LogP contribution >= 0.6 is 0 Å². The van der Waals surface area contributed by atoms with Crippen molar-refractivity contribution in [2.45, 2.75) is 44.9 Å². The molecule has 1 N–H and O–H groups in total. The smallest absolute Gasteiger partial charge is 0.155 e. The first-order valence-electron chi connectivity index (χ1n) is 7.96. The van der Waals surface area contributed by atoms with Crippen molar-refractivity contribution in [3.63, 3.8) is 0 Å². The lowest BCUT2D eigenvalue weighted by molar-refractivity contribution is 0.276. The van der Waals surface area contributed by atoms with Gasteiger partial charge in [0.15, 0.2) is 5.75 Å². The van der Waals surface area contributed by atoms with E-state index in [-0.39, 0.29) is 0 Å². The van der Waals surface area contributed by atoms with E-state index >= 15 is 0 Å². The Labute approximate surface area is 132 Å². The fraction of sp³-hybridized carbons (Fsp3) is 0.444. The molecule has 22 heavy (non-hydrogen) atoms. The molecule has 4 nitrogen and oxygen atoms in total. The maximum Gasteiger partial charge on any atom is 0.155 e. The van der Waals surface area contributed by atoms with Crippen LogP contribution in [0.4, 0.5) is 0 Å². The van der Waals surface area contributed by atoms with E-state index < -0.39 is 0 Å². The molecule has 0 saturated heterocycles. The van der Waals surface area contributed by atoms with Crippen molar-refractivity contribution in [1.29, 1.82) is 0 Å². The van der Waals surface area contributed by atoms with Crippen LogP contribution in [0.25, 0.3) is 0 Å². The second kappa shape index (κ2) is 9.03. The summed E-state index contributed by atoms with van der Waals surface area (Å²) in [6.45, 7) is 2.82. The van der Waals surface area contributed by atoms with Crippen LogP contribution in [-0.2, 0) is 0 Å². The molecule has 0 spiro atoms. The van der Waals surface area contributed by atoms with Crippen LogP contribution in [0.15, 0.2) is 43.0 Å². The topological polar surface area (TPSA) is 55.2 Å². The molecule has 1 heterocycles. The molecule has 0 aliphatic rings. The monoisotopic (exact) mass is 300 g/mol. The predicted octanol–water partition coefficient (Wildman–Crippen LogP) is 4.32. The molecule has 1 aromatic heterocycles. The third-order valence-electron chi connectivity index (χ3n) is 3.76. The van der Waals surface area contributed by atoms with Crippen LogP contribution in [0.3, 0.4) is 0 Å². The molecule has 0 aliphatic heterocycles. The normalized spacial score (nSPS) is 12.0. The van der Waals surface area contributed by atoms with Crippen molar-refractivity contribution in [3.8, 4) is 11.5 Å². The first kappa shape index (κ1) is 16.3. The molecule has 1 atom stereocenters. The van der Waals surface area contributed by atoms with Gasteiger partial charge < -0.3 is 9.84 Å². The molecular formula is C18H24N2O2. The summed E-state index contributed by atoms with van der Waals surface area (Å²) in [7, 11) is 0. The number of aromatic nitrogens is 2. The summed E-state index contributed by atoms with van der Waals surface area (Å²) in [5.74, 6) is 1.31. The number of aromatic hydroxyl groups is 1. The summed E-state index contributed by atoms with van der Waals surface area (Å²) >= 11 is 0. The largest absolute Gasteiger partial charge is 0.508 e. The molecule has 118 valence electrons. The zero-order valence-electron chi connectivity index (χ0n) is 13.1. The van der Waals surface area contributed by atoms with E-state index in [0.717, 1.165) is 6.42 Å². The van der Waals surface area contributed by atoms with Crippen LogP contribution < -0.4 is 4.74 Å². The van der Waals surface area contributed by atoms with Gasteiger partial charge in [0.05, 0.1) is 19.0 Å². The predicted molar refractivity (Wildman–Crippen MR) is 87.1 cm³/mol. The van der Waals surface area contributed by atoms with Gasteiger partial charge in [-0.3, -0.25) is 0 Å². The average Bonchev–Trinajstić information content (AvgIpc) is 2.56. The second-order valence-electron chi connectivity index (χ2n) is 5.52. The van der Waals surface area contributed by atoms with Crippen molar-refractivity contribution < 1.29 is 9.84 Å². The van der Waals surface area contributed by atoms with Gasteiger partial charge in [-0.2, -0.15) is 0 Å². The highest BCUT2D eigenvalue weighted by atomic mass is 16.5. The summed E-state index contributed by atoms with van der Waals surface area (Å²) in [4.78, 5) is 7.93. The number of phenols is 1. The van der Waals surface area contributed by atoms with E-state index in [2.05, 4.69) is 16.9 Å². The third kappa shape index (κ3) is 5.35. The van der Waals surface area contributed by atoms with E-state index in [9.17, 15) is 5.11 Å². The summed E-state index contributed by atoms with van der Waals surface area (Å²) in [6, 6.07) is 7.43. The van der Waals surface area contributed by atoms with Crippen molar-refractivity contribution in [2.24, 2.45) is 0 Å². The molecule has 2 rings (SSSR count). The lowest BCUT2D eigenvalue weighted by Gasteiger charge is -2.18. The maximum absolute atomic E-state index is 9.44. The van der Waals surface area contributed by atoms with Crippen LogP contribution in [0.5, 0.6) is 11.5 Å². The number of benzene rings is 1. The lowest BCUT2D eigenvalue weighted by Crippen LogP contribution is -2.11. The molecule has 0 amide bonds. The first-order chi connectivity index (χ1) is 10.8. The van der Waals surface area contributed by atoms with Gasteiger partial charge in [0.2, 0.25) is 0 Å². The molecular weight excluding hydrogens is 276 g/mol. The Hall–Kier alpha value is -2.10. The Balaban J connectivity index is 1.96. The van der Waals surface area contributed by atoms with Crippen LogP contribution in [0.1, 0.15) is 50.5 Å². The van der Waals surface area contributed by atoms with Crippen molar-refractivity contribution >= 4 is 0 Å². The van der Waals surface area contributed by atoms with E-state index in [4.69, 9.17) is 4.74 Å². The molecule has 0 aliphatic carbocycles. The van der Waals surface area contributed by atoms with Crippen molar-refractivity contribution in [2.75, 3.05) is 6.61 Å². The third-order valence-corrected chi connectivity index (χ3v) is 3.76. The van der Waals surface area contributed by atoms with Gasteiger partial charge in [0.1, 0.15) is 12.1 Å². The molecule has 1 aromatic carbocycles. The molecule has 0 radical (unpaired) electrons. The van der Waals surface area contributed by atoms with E-state index in [1.807, 2.05) is 12.1 Å². The lowest BCUT2D eigenvalue weighted by atomic mass is 9.93. The fourth-order valence-corrected chi connectivity index (χ4v) is 2.47. The minimum absolute atomic E-state index is 0.297. The Morgan fingerprint density at radius 1 is 1.05 bits per heavy atom. The van der Waals surface area contributed by atoms with Crippen LogP contribution in [-0.4, -0.2) is 21.7 Å². The van der Waals surface area contributed by atoms with Gasteiger partial charge in [-0.1, -0.05) is 44.7 Å². The maximum atomic E-state index is 9.44. The number of unbranched alkanes of at least 4 members (excludes halogenated alkanes) is 3. The van der Waals surface area contributed by atoms with Gasteiger partial charge in [-0.05, 0) is 24.1 Å². The number of hydrogen-bond acceptors (Lipinski definition) is 4. The fourth-order valence-electron chi connectivity index (χ4n) is 2.47. The minimum atomic E-state index is 0.297. The average molecular weight is 300 g/mol. The van der Waals surface area contributed by atoms with Gasteiger partial charge in [-0.25, -0.2) is 9.97 Å². The molecule has 0 fully saturated rings. The Bertz CT molecular complexity index is 529. The van der Waals surface area contributed by atoms with Gasteiger partial charge in [0, 0.05) is 5.92 Å². The molecule has 2 aromatic rings.